The van der Waals surface area contributed by atoms with Crippen LogP contribution in [0.1, 0.15) is 31.4 Å². The van der Waals surface area contributed by atoms with Gasteiger partial charge in [-0.05, 0) is 26.0 Å². The number of nitrogens with one attached hydrogen (secondary N) is 1. The van der Waals surface area contributed by atoms with Crippen LogP contribution in [0.5, 0.6) is 17.2 Å². The zero-order chi connectivity index (χ0) is 15.1. The lowest BCUT2D eigenvalue weighted by atomic mass is 9.97. The standard InChI is InChI=1S/C16H25NO3/c1-7-11(2)8-13(17-3)12-9-15(19-5)16(20-6)10-14(12)18-4/h9-10,13,17H,2,7-8H2,1,3-6H3. The van der Waals surface area contributed by atoms with E-state index in [1.165, 1.54) is 5.57 Å². The largest absolute Gasteiger partial charge is 0.496 e. The van der Waals surface area contributed by atoms with Crippen molar-refractivity contribution in [2.75, 3.05) is 28.4 Å². The molecule has 0 spiro atoms. The summed E-state index contributed by atoms with van der Waals surface area (Å²) in [6, 6.07) is 3.95. The molecule has 1 aromatic rings. The molecule has 20 heavy (non-hydrogen) atoms. The fourth-order valence-electron chi connectivity index (χ4n) is 2.13. The highest BCUT2D eigenvalue weighted by Crippen LogP contribution is 2.38. The Hall–Kier alpha value is -1.68. The molecule has 1 rings (SSSR count). The monoisotopic (exact) mass is 279 g/mol. The van der Waals surface area contributed by atoms with Gasteiger partial charge in [0, 0.05) is 17.7 Å². The first-order valence-electron chi connectivity index (χ1n) is 6.75. The molecule has 0 amide bonds. The summed E-state index contributed by atoms with van der Waals surface area (Å²) in [6.45, 7) is 6.19. The lowest BCUT2D eigenvalue weighted by Gasteiger charge is -2.22. The van der Waals surface area contributed by atoms with Crippen LogP contribution in [0.2, 0.25) is 0 Å². The first kappa shape index (κ1) is 16.4. The van der Waals surface area contributed by atoms with Gasteiger partial charge in [0.2, 0.25) is 0 Å². The van der Waals surface area contributed by atoms with E-state index in [9.17, 15) is 0 Å². The first-order chi connectivity index (χ1) is 9.60. The van der Waals surface area contributed by atoms with Crippen molar-refractivity contribution in [3.8, 4) is 17.2 Å². The van der Waals surface area contributed by atoms with E-state index in [2.05, 4.69) is 18.8 Å². The quantitative estimate of drug-likeness (QED) is 0.741. The predicted octanol–water partition coefficient (Wildman–Crippen LogP) is 3.33. The fourth-order valence-corrected chi connectivity index (χ4v) is 2.13. The fraction of sp³-hybridized carbons (Fsp3) is 0.500. The van der Waals surface area contributed by atoms with Gasteiger partial charge in [0.1, 0.15) is 5.75 Å². The third-order valence-corrected chi connectivity index (χ3v) is 3.45. The molecule has 0 fully saturated rings. The lowest BCUT2D eigenvalue weighted by molar-refractivity contribution is 0.345. The Bertz CT molecular complexity index is 457. The number of rotatable bonds is 8. The van der Waals surface area contributed by atoms with E-state index in [1.807, 2.05) is 19.2 Å². The maximum absolute atomic E-state index is 5.48. The average Bonchev–Trinajstić information content (AvgIpc) is 2.50. The molecule has 0 saturated heterocycles. The summed E-state index contributed by atoms with van der Waals surface area (Å²) >= 11 is 0. The van der Waals surface area contributed by atoms with Crippen molar-refractivity contribution < 1.29 is 14.2 Å². The highest BCUT2D eigenvalue weighted by molar-refractivity contribution is 5.52. The van der Waals surface area contributed by atoms with Gasteiger partial charge >= 0.3 is 0 Å². The van der Waals surface area contributed by atoms with Crippen LogP contribution in [-0.2, 0) is 0 Å². The summed E-state index contributed by atoms with van der Waals surface area (Å²) in [6.07, 6.45) is 1.83. The Kier molecular flexibility index (Phi) is 6.39. The topological polar surface area (TPSA) is 39.7 Å². The van der Waals surface area contributed by atoms with Gasteiger partial charge in [0.15, 0.2) is 11.5 Å². The Morgan fingerprint density at radius 2 is 1.65 bits per heavy atom. The van der Waals surface area contributed by atoms with E-state index in [0.717, 1.165) is 24.2 Å². The van der Waals surface area contributed by atoms with E-state index in [0.29, 0.717) is 11.5 Å². The molecule has 4 heteroatoms. The zero-order valence-electron chi connectivity index (χ0n) is 13.1. The summed E-state index contributed by atoms with van der Waals surface area (Å²) in [4.78, 5) is 0. The summed E-state index contributed by atoms with van der Waals surface area (Å²) in [7, 11) is 6.84. The molecular formula is C16H25NO3. The molecule has 0 heterocycles. The van der Waals surface area contributed by atoms with Gasteiger partial charge in [-0.25, -0.2) is 0 Å². The van der Waals surface area contributed by atoms with E-state index in [-0.39, 0.29) is 6.04 Å². The van der Waals surface area contributed by atoms with Gasteiger partial charge in [-0.15, -0.1) is 0 Å². The molecule has 112 valence electrons. The molecule has 1 atom stereocenters. The van der Waals surface area contributed by atoms with Crippen LogP contribution in [0.4, 0.5) is 0 Å². The van der Waals surface area contributed by atoms with Crippen molar-refractivity contribution in [2.24, 2.45) is 0 Å². The molecule has 0 aliphatic heterocycles. The average molecular weight is 279 g/mol. The second kappa shape index (κ2) is 7.80. The van der Waals surface area contributed by atoms with Gasteiger partial charge in [-0.2, -0.15) is 0 Å². The lowest BCUT2D eigenvalue weighted by Crippen LogP contribution is -2.18. The van der Waals surface area contributed by atoms with Crippen LogP contribution in [0.15, 0.2) is 24.3 Å². The number of methoxy groups -OCH3 is 3. The van der Waals surface area contributed by atoms with E-state index < -0.39 is 0 Å². The van der Waals surface area contributed by atoms with Crippen LogP contribution in [0.3, 0.4) is 0 Å². The maximum atomic E-state index is 5.48. The molecule has 1 aromatic carbocycles. The Morgan fingerprint density at radius 3 is 2.10 bits per heavy atom. The molecule has 0 radical (unpaired) electrons. The number of benzene rings is 1. The van der Waals surface area contributed by atoms with Crippen molar-refractivity contribution in [1.29, 1.82) is 0 Å². The van der Waals surface area contributed by atoms with Crippen LogP contribution < -0.4 is 19.5 Å². The Balaban J connectivity index is 3.22. The minimum atomic E-state index is 0.136. The third kappa shape index (κ3) is 3.67. The summed E-state index contributed by atoms with van der Waals surface area (Å²) in [5.41, 5.74) is 2.24. The second-order valence-electron chi connectivity index (χ2n) is 4.60. The van der Waals surface area contributed by atoms with Crippen LogP contribution in [0.25, 0.3) is 0 Å². The zero-order valence-corrected chi connectivity index (χ0v) is 13.1. The highest BCUT2D eigenvalue weighted by atomic mass is 16.5. The van der Waals surface area contributed by atoms with Gasteiger partial charge < -0.3 is 19.5 Å². The minimum absolute atomic E-state index is 0.136. The molecule has 0 aromatic heterocycles. The molecule has 0 aliphatic carbocycles. The molecule has 1 unspecified atom stereocenters. The van der Waals surface area contributed by atoms with Crippen LogP contribution >= 0.6 is 0 Å². The van der Waals surface area contributed by atoms with Crippen molar-refractivity contribution in [1.82, 2.24) is 5.32 Å². The van der Waals surface area contributed by atoms with Crippen LogP contribution in [-0.4, -0.2) is 28.4 Å². The van der Waals surface area contributed by atoms with Gasteiger partial charge in [0.05, 0.1) is 21.3 Å². The van der Waals surface area contributed by atoms with Gasteiger partial charge in [0.25, 0.3) is 0 Å². The van der Waals surface area contributed by atoms with Crippen LogP contribution in [0, 0.1) is 0 Å². The smallest absolute Gasteiger partial charge is 0.164 e. The summed E-state index contributed by atoms with van der Waals surface area (Å²) in [5.74, 6) is 2.15. The molecule has 0 saturated carbocycles. The molecule has 4 nitrogen and oxygen atoms in total. The van der Waals surface area contributed by atoms with E-state index >= 15 is 0 Å². The molecule has 0 bridgehead atoms. The van der Waals surface area contributed by atoms with Crippen molar-refractivity contribution in [3.05, 3.63) is 29.8 Å². The SMILES string of the molecule is C=C(CC)CC(NC)c1cc(OC)c(OC)cc1OC. The van der Waals surface area contributed by atoms with Crippen molar-refractivity contribution in [2.45, 2.75) is 25.8 Å². The normalized spacial score (nSPS) is 11.8. The molecule has 1 N–H and O–H groups in total. The number of hydrogen-bond donors (Lipinski definition) is 1. The van der Waals surface area contributed by atoms with E-state index in [4.69, 9.17) is 14.2 Å². The van der Waals surface area contributed by atoms with E-state index in [1.54, 1.807) is 21.3 Å². The summed E-state index contributed by atoms with van der Waals surface area (Å²) < 4.78 is 16.2. The Labute approximate surface area is 121 Å². The number of ether oxygens (including phenoxy) is 3. The number of hydrogen-bond acceptors (Lipinski definition) is 4. The van der Waals surface area contributed by atoms with Gasteiger partial charge in [-0.1, -0.05) is 19.1 Å². The molecular weight excluding hydrogens is 254 g/mol. The predicted molar refractivity (Wildman–Crippen MR) is 81.9 cm³/mol. The van der Waals surface area contributed by atoms with Crippen molar-refractivity contribution in [3.63, 3.8) is 0 Å². The molecule has 0 aliphatic rings. The second-order valence-corrected chi connectivity index (χ2v) is 4.60. The third-order valence-electron chi connectivity index (χ3n) is 3.45. The summed E-state index contributed by atoms with van der Waals surface area (Å²) in [5, 5.41) is 3.31. The maximum Gasteiger partial charge on any atom is 0.164 e. The first-order valence-corrected chi connectivity index (χ1v) is 6.75. The van der Waals surface area contributed by atoms with Gasteiger partial charge in [-0.3, -0.25) is 0 Å². The van der Waals surface area contributed by atoms with Crippen molar-refractivity contribution >= 4 is 0 Å². The minimum Gasteiger partial charge on any atom is -0.496 e. The Morgan fingerprint density at radius 1 is 1.10 bits per heavy atom. The highest BCUT2D eigenvalue weighted by Gasteiger charge is 2.19.